The minimum Gasteiger partial charge on any atom is -0.395 e. The molecule has 1 unspecified atom stereocenters. The Hall–Kier alpha value is -1.55. The van der Waals surface area contributed by atoms with Crippen molar-refractivity contribution in [3.8, 4) is 0 Å². The van der Waals surface area contributed by atoms with Gasteiger partial charge in [-0.2, -0.15) is 0 Å². The fourth-order valence-corrected chi connectivity index (χ4v) is 2.93. The van der Waals surface area contributed by atoms with Crippen LogP contribution in [0.3, 0.4) is 0 Å². The van der Waals surface area contributed by atoms with Crippen LogP contribution in [0.25, 0.3) is 0 Å². The van der Waals surface area contributed by atoms with Crippen LogP contribution < -0.4 is 5.32 Å². The van der Waals surface area contributed by atoms with Gasteiger partial charge in [0.15, 0.2) is 5.96 Å². The van der Waals surface area contributed by atoms with E-state index in [4.69, 9.17) is 5.11 Å². The van der Waals surface area contributed by atoms with E-state index in [-0.39, 0.29) is 6.61 Å². The molecule has 0 amide bonds. The quantitative estimate of drug-likeness (QED) is 0.815. The topological polar surface area (TPSA) is 47.9 Å². The van der Waals surface area contributed by atoms with Crippen LogP contribution in [-0.4, -0.2) is 42.2 Å². The third-order valence-electron chi connectivity index (χ3n) is 3.74. The van der Waals surface area contributed by atoms with Crippen molar-refractivity contribution in [2.75, 3.05) is 26.2 Å². The normalized spacial score (nSPS) is 21.9. The first-order valence-corrected chi connectivity index (χ1v) is 6.64. The van der Waals surface area contributed by atoms with Crippen molar-refractivity contribution in [2.45, 2.75) is 18.9 Å². The summed E-state index contributed by atoms with van der Waals surface area (Å²) < 4.78 is 0. The van der Waals surface area contributed by atoms with E-state index in [1.165, 1.54) is 11.1 Å². The molecule has 2 heterocycles. The molecule has 18 heavy (non-hydrogen) atoms. The summed E-state index contributed by atoms with van der Waals surface area (Å²) in [6.07, 6.45) is 2.16. The zero-order valence-corrected chi connectivity index (χ0v) is 10.5. The molecule has 0 radical (unpaired) electrons. The van der Waals surface area contributed by atoms with Crippen molar-refractivity contribution in [1.29, 1.82) is 0 Å². The number of nitrogens with zero attached hydrogens (tertiary/aromatic N) is 2. The van der Waals surface area contributed by atoms with Crippen LogP contribution in [0, 0.1) is 0 Å². The Kier molecular flexibility index (Phi) is 3.19. The number of aliphatic hydroxyl groups is 1. The molecule has 4 heteroatoms. The van der Waals surface area contributed by atoms with Gasteiger partial charge in [0.2, 0.25) is 0 Å². The molecule has 0 saturated carbocycles. The Morgan fingerprint density at radius 1 is 1.39 bits per heavy atom. The number of guanidine groups is 1. The molecule has 2 N–H and O–H groups in total. The largest absolute Gasteiger partial charge is 0.395 e. The molecule has 2 aliphatic heterocycles. The molecule has 4 nitrogen and oxygen atoms in total. The SMILES string of the molecule is OCCNC1=NCCC2c3ccccc3CCN12. The number of aliphatic imine (C=N–C) groups is 1. The van der Waals surface area contributed by atoms with E-state index in [0.29, 0.717) is 12.6 Å². The summed E-state index contributed by atoms with van der Waals surface area (Å²) in [6.45, 7) is 2.60. The Balaban J connectivity index is 1.85. The smallest absolute Gasteiger partial charge is 0.194 e. The van der Waals surface area contributed by atoms with Crippen molar-refractivity contribution in [3.05, 3.63) is 35.4 Å². The van der Waals surface area contributed by atoms with E-state index in [0.717, 1.165) is 31.9 Å². The van der Waals surface area contributed by atoms with Crippen LogP contribution in [0.5, 0.6) is 0 Å². The standard InChI is InChI=1S/C14H19N3O/c18-10-8-16-14-15-7-5-13-12-4-2-1-3-11(12)6-9-17(13)14/h1-4,13,18H,5-10H2,(H,15,16). The Labute approximate surface area is 107 Å². The van der Waals surface area contributed by atoms with Crippen LogP contribution in [0.1, 0.15) is 23.6 Å². The lowest BCUT2D eigenvalue weighted by Crippen LogP contribution is -2.49. The number of nitrogens with one attached hydrogen (secondary N) is 1. The van der Waals surface area contributed by atoms with Crippen LogP contribution in [0.15, 0.2) is 29.3 Å². The van der Waals surface area contributed by atoms with E-state index in [1.807, 2.05) is 0 Å². The Morgan fingerprint density at radius 2 is 2.28 bits per heavy atom. The number of hydrogen-bond donors (Lipinski definition) is 2. The summed E-state index contributed by atoms with van der Waals surface area (Å²) >= 11 is 0. The van der Waals surface area contributed by atoms with Gasteiger partial charge in [-0.1, -0.05) is 24.3 Å². The highest BCUT2D eigenvalue weighted by molar-refractivity contribution is 5.81. The lowest BCUT2D eigenvalue weighted by molar-refractivity contribution is 0.254. The van der Waals surface area contributed by atoms with Gasteiger partial charge in [0, 0.05) is 19.6 Å². The van der Waals surface area contributed by atoms with E-state index < -0.39 is 0 Å². The minimum atomic E-state index is 0.147. The summed E-state index contributed by atoms with van der Waals surface area (Å²) in [4.78, 5) is 6.89. The van der Waals surface area contributed by atoms with Crippen molar-refractivity contribution in [1.82, 2.24) is 10.2 Å². The molecule has 0 saturated heterocycles. The summed E-state index contributed by atoms with van der Waals surface area (Å²) in [5.74, 6) is 0.954. The average molecular weight is 245 g/mol. The highest BCUT2D eigenvalue weighted by Gasteiger charge is 2.31. The zero-order valence-electron chi connectivity index (χ0n) is 10.5. The third-order valence-corrected chi connectivity index (χ3v) is 3.74. The second kappa shape index (κ2) is 4.98. The van der Waals surface area contributed by atoms with Gasteiger partial charge in [-0.15, -0.1) is 0 Å². The zero-order chi connectivity index (χ0) is 12.4. The average Bonchev–Trinajstić information content (AvgIpc) is 2.44. The molecular formula is C14H19N3O. The maximum absolute atomic E-state index is 8.91. The first kappa shape index (κ1) is 11.5. The van der Waals surface area contributed by atoms with Crippen LogP contribution in [0.2, 0.25) is 0 Å². The Morgan fingerprint density at radius 3 is 3.17 bits per heavy atom. The summed E-state index contributed by atoms with van der Waals surface area (Å²) in [5.41, 5.74) is 2.92. The molecule has 0 aromatic heterocycles. The number of benzene rings is 1. The predicted molar refractivity (Wildman–Crippen MR) is 71.6 cm³/mol. The number of aliphatic hydroxyl groups excluding tert-OH is 1. The predicted octanol–water partition coefficient (Wildman–Crippen LogP) is 0.927. The summed E-state index contributed by atoms with van der Waals surface area (Å²) in [6, 6.07) is 9.17. The Bertz CT molecular complexity index is 458. The van der Waals surface area contributed by atoms with Gasteiger partial charge in [-0.05, 0) is 24.0 Å². The molecule has 0 fully saturated rings. The second-order valence-corrected chi connectivity index (χ2v) is 4.80. The van der Waals surface area contributed by atoms with Crippen molar-refractivity contribution < 1.29 is 5.11 Å². The molecule has 1 aromatic rings. The van der Waals surface area contributed by atoms with Gasteiger partial charge < -0.3 is 15.3 Å². The van der Waals surface area contributed by atoms with E-state index in [9.17, 15) is 0 Å². The molecule has 2 aliphatic rings. The van der Waals surface area contributed by atoms with Crippen LogP contribution in [0.4, 0.5) is 0 Å². The van der Waals surface area contributed by atoms with Crippen LogP contribution in [-0.2, 0) is 6.42 Å². The van der Waals surface area contributed by atoms with Gasteiger partial charge in [0.25, 0.3) is 0 Å². The van der Waals surface area contributed by atoms with E-state index in [1.54, 1.807) is 0 Å². The third kappa shape index (κ3) is 1.97. The second-order valence-electron chi connectivity index (χ2n) is 4.80. The molecule has 1 atom stereocenters. The molecule has 3 rings (SSSR count). The van der Waals surface area contributed by atoms with Gasteiger partial charge in [-0.25, -0.2) is 0 Å². The minimum absolute atomic E-state index is 0.147. The molecule has 0 aliphatic carbocycles. The first-order valence-electron chi connectivity index (χ1n) is 6.64. The molecular weight excluding hydrogens is 226 g/mol. The lowest BCUT2D eigenvalue weighted by Gasteiger charge is -2.41. The van der Waals surface area contributed by atoms with Gasteiger partial charge >= 0.3 is 0 Å². The molecule has 96 valence electrons. The summed E-state index contributed by atoms with van der Waals surface area (Å²) in [7, 11) is 0. The molecule has 0 bridgehead atoms. The number of fused-ring (bicyclic) bond motifs is 3. The van der Waals surface area contributed by atoms with Gasteiger partial charge in [-0.3, -0.25) is 4.99 Å². The maximum Gasteiger partial charge on any atom is 0.194 e. The molecule has 0 spiro atoms. The lowest BCUT2D eigenvalue weighted by atomic mass is 9.90. The van der Waals surface area contributed by atoms with E-state index in [2.05, 4.69) is 39.5 Å². The number of hydrogen-bond acceptors (Lipinski definition) is 4. The summed E-state index contributed by atoms with van der Waals surface area (Å²) in [5, 5.41) is 12.1. The molecule has 1 aromatic carbocycles. The monoisotopic (exact) mass is 245 g/mol. The highest BCUT2D eigenvalue weighted by atomic mass is 16.3. The first-order chi connectivity index (χ1) is 8.90. The van der Waals surface area contributed by atoms with Crippen LogP contribution >= 0.6 is 0 Å². The van der Waals surface area contributed by atoms with Crippen molar-refractivity contribution >= 4 is 5.96 Å². The van der Waals surface area contributed by atoms with Gasteiger partial charge in [0.05, 0.1) is 12.6 Å². The van der Waals surface area contributed by atoms with Gasteiger partial charge in [0.1, 0.15) is 0 Å². The fraction of sp³-hybridized carbons (Fsp3) is 0.500. The van der Waals surface area contributed by atoms with Crippen molar-refractivity contribution in [2.24, 2.45) is 4.99 Å². The van der Waals surface area contributed by atoms with E-state index >= 15 is 0 Å². The fourth-order valence-electron chi connectivity index (χ4n) is 2.93. The maximum atomic E-state index is 8.91. The number of rotatable bonds is 2. The highest BCUT2D eigenvalue weighted by Crippen LogP contribution is 2.33. The van der Waals surface area contributed by atoms with Crippen molar-refractivity contribution in [3.63, 3.8) is 0 Å².